The van der Waals surface area contributed by atoms with Gasteiger partial charge >= 0.3 is 0 Å². The minimum absolute atomic E-state index is 0.351. The Hall–Kier alpha value is -1.06. The lowest BCUT2D eigenvalue weighted by Crippen LogP contribution is -2.42. The summed E-state index contributed by atoms with van der Waals surface area (Å²) < 4.78 is 11.0. The second-order valence-electron chi connectivity index (χ2n) is 5.59. The Kier molecular flexibility index (Phi) is 4.83. The lowest BCUT2D eigenvalue weighted by molar-refractivity contribution is -0.0433. The fourth-order valence-electron chi connectivity index (χ4n) is 2.88. The maximum absolute atomic E-state index is 5.78. The number of benzene rings is 1. The van der Waals surface area contributed by atoms with Gasteiger partial charge in [0.05, 0.1) is 19.3 Å². The maximum atomic E-state index is 5.78. The van der Waals surface area contributed by atoms with Gasteiger partial charge in [-0.15, -0.1) is 0 Å². The first-order valence-corrected chi connectivity index (χ1v) is 7.14. The number of ether oxygens (including phenoxy) is 2. The predicted octanol–water partition coefficient (Wildman–Crippen LogP) is 3.30. The molecular weight excluding hydrogens is 238 g/mol. The van der Waals surface area contributed by atoms with Crippen LogP contribution in [-0.2, 0) is 4.74 Å². The molecule has 1 N–H and O–H groups in total. The Morgan fingerprint density at radius 1 is 1.16 bits per heavy atom. The van der Waals surface area contributed by atoms with Gasteiger partial charge in [0.25, 0.3) is 0 Å². The van der Waals surface area contributed by atoms with Crippen molar-refractivity contribution in [2.24, 2.45) is 0 Å². The van der Waals surface area contributed by atoms with Gasteiger partial charge in [-0.1, -0.05) is 12.1 Å². The summed E-state index contributed by atoms with van der Waals surface area (Å²) in [6, 6.07) is 9.18. The summed E-state index contributed by atoms with van der Waals surface area (Å²) in [5.74, 6) is 0.907. The van der Waals surface area contributed by atoms with E-state index < -0.39 is 0 Å². The van der Waals surface area contributed by atoms with Gasteiger partial charge in [-0.2, -0.15) is 0 Å². The van der Waals surface area contributed by atoms with Gasteiger partial charge in [0.1, 0.15) is 5.75 Å². The van der Waals surface area contributed by atoms with E-state index >= 15 is 0 Å². The normalized spacial score (nSPS) is 28.9. The third-order valence-corrected chi connectivity index (χ3v) is 3.80. The topological polar surface area (TPSA) is 30.5 Å². The molecule has 1 fully saturated rings. The third-order valence-electron chi connectivity index (χ3n) is 3.80. The zero-order valence-electron chi connectivity index (χ0n) is 12.3. The van der Waals surface area contributed by atoms with Gasteiger partial charge < -0.3 is 14.8 Å². The molecule has 2 rings (SSSR count). The van der Waals surface area contributed by atoms with E-state index in [4.69, 9.17) is 9.47 Å². The van der Waals surface area contributed by atoms with E-state index in [9.17, 15) is 0 Å². The minimum atomic E-state index is 0.351. The Morgan fingerprint density at radius 2 is 1.74 bits per heavy atom. The number of nitrogens with one attached hydrogen (secondary N) is 1. The molecule has 0 amide bonds. The smallest absolute Gasteiger partial charge is 0.118 e. The quantitative estimate of drug-likeness (QED) is 0.904. The molecule has 1 saturated heterocycles. The molecule has 0 bridgehead atoms. The Bertz CT molecular complexity index is 380. The molecule has 0 aliphatic carbocycles. The summed E-state index contributed by atoms with van der Waals surface area (Å²) in [4.78, 5) is 0. The Balaban J connectivity index is 1.93. The molecule has 1 aliphatic heterocycles. The average Bonchev–Trinajstić information content (AvgIpc) is 2.37. The second-order valence-corrected chi connectivity index (χ2v) is 5.59. The molecule has 2 unspecified atom stereocenters. The van der Waals surface area contributed by atoms with E-state index in [1.807, 2.05) is 12.1 Å². The third kappa shape index (κ3) is 3.95. The first-order valence-electron chi connectivity index (χ1n) is 7.14. The molecule has 1 heterocycles. The van der Waals surface area contributed by atoms with Crippen molar-refractivity contribution in [2.75, 3.05) is 7.11 Å². The fraction of sp³-hybridized carbons (Fsp3) is 0.625. The van der Waals surface area contributed by atoms with Crippen LogP contribution in [0.25, 0.3) is 0 Å². The summed E-state index contributed by atoms with van der Waals surface area (Å²) in [5.41, 5.74) is 1.30. The van der Waals surface area contributed by atoms with Gasteiger partial charge in [0, 0.05) is 12.1 Å². The zero-order valence-corrected chi connectivity index (χ0v) is 12.3. The van der Waals surface area contributed by atoms with Crippen LogP contribution in [-0.4, -0.2) is 25.4 Å². The van der Waals surface area contributed by atoms with E-state index in [0.29, 0.717) is 24.3 Å². The lowest BCUT2D eigenvalue weighted by atomic mass is 9.98. The predicted molar refractivity (Wildman–Crippen MR) is 77.6 cm³/mol. The first kappa shape index (κ1) is 14.4. The van der Waals surface area contributed by atoms with E-state index in [1.54, 1.807) is 7.11 Å². The monoisotopic (exact) mass is 263 g/mol. The van der Waals surface area contributed by atoms with Crippen LogP contribution in [0.15, 0.2) is 24.3 Å². The summed E-state index contributed by atoms with van der Waals surface area (Å²) in [5, 5.41) is 3.71. The summed E-state index contributed by atoms with van der Waals surface area (Å²) in [7, 11) is 1.70. The van der Waals surface area contributed by atoms with Gasteiger partial charge in [-0.3, -0.25) is 0 Å². The highest BCUT2D eigenvalue weighted by atomic mass is 16.5. The van der Waals surface area contributed by atoms with Crippen LogP contribution in [0.3, 0.4) is 0 Å². The Morgan fingerprint density at radius 3 is 2.26 bits per heavy atom. The molecule has 0 saturated carbocycles. The van der Waals surface area contributed by atoms with Crippen LogP contribution in [0.4, 0.5) is 0 Å². The standard InChI is InChI=1S/C16H25NO2/c1-11-9-15(10-12(2)19-11)17-13(3)14-5-7-16(18-4)8-6-14/h5-8,11-13,15,17H,9-10H2,1-4H3/t11?,12?,13-,15?/m0/s1. The molecule has 3 heteroatoms. The van der Waals surface area contributed by atoms with Gasteiger partial charge in [0.2, 0.25) is 0 Å². The highest BCUT2D eigenvalue weighted by molar-refractivity contribution is 5.28. The molecule has 19 heavy (non-hydrogen) atoms. The van der Waals surface area contributed by atoms with E-state index in [2.05, 4.69) is 38.2 Å². The molecule has 0 radical (unpaired) electrons. The number of hydrogen-bond donors (Lipinski definition) is 1. The molecule has 1 aromatic carbocycles. The van der Waals surface area contributed by atoms with Crippen LogP contribution < -0.4 is 10.1 Å². The van der Waals surface area contributed by atoms with Crippen molar-refractivity contribution in [2.45, 2.75) is 57.9 Å². The molecule has 0 spiro atoms. The van der Waals surface area contributed by atoms with Crippen LogP contribution in [0.5, 0.6) is 5.75 Å². The van der Waals surface area contributed by atoms with Crippen LogP contribution in [0, 0.1) is 0 Å². The molecule has 0 aromatic heterocycles. The highest BCUT2D eigenvalue weighted by Crippen LogP contribution is 2.23. The molecular formula is C16H25NO2. The van der Waals surface area contributed by atoms with Gasteiger partial charge in [-0.05, 0) is 51.3 Å². The molecule has 1 aromatic rings. The van der Waals surface area contributed by atoms with Crippen molar-refractivity contribution >= 4 is 0 Å². The highest BCUT2D eigenvalue weighted by Gasteiger charge is 2.25. The fourth-order valence-corrected chi connectivity index (χ4v) is 2.88. The summed E-state index contributed by atoms with van der Waals surface area (Å²) >= 11 is 0. The van der Waals surface area contributed by atoms with Crippen molar-refractivity contribution in [3.05, 3.63) is 29.8 Å². The van der Waals surface area contributed by atoms with Crippen LogP contribution in [0.1, 0.15) is 45.2 Å². The van der Waals surface area contributed by atoms with E-state index in [-0.39, 0.29) is 0 Å². The lowest BCUT2D eigenvalue weighted by Gasteiger charge is -2.34. The van der Waals surface area contributed by atoms with Crippen LogP contribution in [0.2, 0.25) is 0 Å². The van der Waals surface area contributed by atoms with Gasteiger partial charge in [0.15, 0.2) is 0 Å². The number of methoxy groups -OCH3 is 1. The van der Waals surface area contributed by atoms with Gasteiger partial charge in [-0.25, -0.2) is 0 Å². The second kappa shape index (κ2) is 6.40. The van der Waals surface area contributed by atoms with Crippen LogP contribution >= 0.6 is 0 Å². The molecule has 3 atom stereocenters. The summed E-state index contributed by atoms with van der Waals surface area (Å²) in [6.45, 7) is 6.53. The zero-order chi connectivity index (χ0) is 13.8. The van der Waals surface area contributed by atoms with Crippen molar-refractivity contribution in [1.82, 2.24) is 5.32 Å². The van der Waals surface area contributed by atoms with Crippen molar-refractivity contribution in [3.8, 4) is 5.75 Å². The van der Waals surface area contributed by atoms with E-state index in [0.717, 1.165) is 18.6 Å². The average molecular weight is 263 g/mol. The molecule has 1 aliphatic rings. The Labute approximate surface area is 116 Å². The minimum Gasteiger partial charge on any atom is -0.497 e. The van der Waals surface area contributed by atoms with Crippen molar-refractivity contribution in [1.29, 1.82) is 0 Å². The number of rotatable bonds is 4. The summed E-state index contributed by atoms with van der Waals surface area (Å²) in [6.07, 6.45) is 2.88. The first-order chi connectivity index (χ1) is 9.08. The SMILES string of the molecule is COc1ccc([C@H](C)NC2CC(C)OC(C)C2)cc1. The van der Waals surface area contributed by atoms with E-state index in [1.165, 1.54) is 5.56 Å². The molecule has 3 nitrogen and oxygen atoms in total. The molecule has 106 valence electrons. The van der Waals surface area contributed by atoms with Crippen molar-refractivity contribution in [3.63, 3.8) is 0 Å². The van der Waals surface area contributed by atoms with Crippen molar-refractivity contribution < 1.29 is 9.47 Å². The number of hydrogen-bond acceptors (Lipinski definition) is 3. The maximum Gasteiger partial charge on any atom is 0.118 e. The largest absolute Gasteiger partial charge is 0.497 e.